The van der Waals surface area contributed by atoms with Crippen molar-refractivity contribution in [2.45, 2.75) is 45.2 Å². The lowest BCUT2D eigenvalue weighted by Crippen LogP contribution is -2.32. The maximum atomic E-state index is 6.26. The number of fused-ring (bicyclic) bond motifs is 1. The topological polar surface area (TPSA) is 47.3 Å². The van der Waals surface area contributed by atoms with Gasteiger partial charge in [0.05, 0.1) is 12.6 Å². The van der Waals surface area contributed by atoms with E-state index in [9.17, 15) is 0 Å². The van der Waals surface area contributed by atoms with Gasteiger partial charge in [0.25, 0.3) is 0 Å². The van der Waals surface area contributed by atoms with E-state index in [0.717, 1.165) is 29.7 Å². The second-order valence-electron chi connectivity index (χ2n) is 7.35. The van der Waals surface area contributed by atoms with Crippen LogP contribution in [0.4, 0.5) is 5.69 Å². The van der Waals surface area contributed by atoms with Crippen molar-refractivity contribution in [2.75, 3.05) is 12.4 Å². The third-order valence-electron chi connectivity index (χ3n) is 4.78. The lowest BCUT2D eigenvalue weighted by Gasteiger charge is -2.33. The molecular weight excluding hydrogens is 308 g/mol. The Labute approximate surface area is 150 Å². The van der Waals surface area contributed by atoms with Gasteiger partial charge in [-0.05, 0) is 56.0 Å². The summed E-state index contributed by atoms with van der Waals surface area (Å²) < 4.78 is 5.54. The molecule has 0 radical (unpaired) electrons. The van der Waals surface area contributed by atoms with Gasteiger partial charge in [-0.25, -0.2) is 0 Å². The molecular formula is C22H28N2O. The standard InChI is InChI=1S/C22H28N2O/c1-5-17(23)12-16-14-22(2,3)24-20-11-10-15(13-19(16)20)18-8-6-7-9-21(18)25-4/h6-11,13-14,17,24H,5,12,23H2,1-4H3. The Morgan fingerprint density at radius 3 is 2.60 bits per heavy atom. The Morgan fingerprint density at radius 2 is 1.88 bits per heavy atom. The van der Waals surface area contributed by atoms with Gasteiger partial charge >= 0.3 is 0 Å². The quantitative estimate of drug-likeness (QED) is 0.800. The smallest absolute Gasteiger partial charge is 0.126 e. The molecule has 0 bridgehead atoms. The van der Waals surface area contributed by atoms with Crippen LogP contribution in [-0.2, 0) is 0 Å². The van der Waals surface area contributed by atoms with E-state index in [1.807, 2.05) is 18.2 Å². The minimum absolute atomic E-state index is 0.0677. The molecule has 2 aromatic carbocycles. The molecule has 0 spiro atoms. The minimum atomic E-state index is -0.0677. The molecule has 0 aromatic heterocycles. The van der Waals surface area contributed by atoms with Crippen LogP contribution >= 0.6 is 0 Å². The maximum Gasteiger partial charge on any atom is 0.126 e. The van der Waals surface area contributed by atoms with Crippen LogP contribution in [-0.4, -0.2) is 18.7 Å². The molecule has 0 fully saturated rings. The van der Waals surface area contributed by atoms with Crippen molar-refractivity contribution in [1.29, 1.82) is 0 Å². The highest BCUT2D eigenvalue weighted by Gasteiger charge is 2.25. The molecule has 1 heterocycles. The van der Waals surface area contributed by atoms with Crippen LogP contribution in [0.5, 0.6) is 5.75 Å². The van der Waals surface area contributed by atoms with Crippen molar-refractivity contribution in [1.82, 2.24) is 0 Å². The summed E-state index contributed by atoms with van der Waals surface area (Å²) in [4.78, 5) is 0. The molecule has 0 saturated carbocycles. The van der Waals surface area contributed by atoms with E-state index in [1.54, 1.807) is 7.11 Å². The fourth-order valence-electron chi connectivity index (χ4n) is 3.46. The summed E-state index contributed by atoms with van der Waals surface area (Å²) in [6.07, 6.45) is 4.19. The number of hydrogen-bond donors (Lipinski definition) is 2. The zero-order valence-corrected chi connectivity index (χ0v) is 15.6. The Bertz CT molecular complexity index is 792. The van der Waals surface area contributed by atoms with Crippen LogP contribution in [0.3, 0.4) is 0 Å². The summed E-state index contributed by atoms with van der Waals surface area (Å²) >= 11 is 0. The van der Waals surface area contributed by atoms with E-state index in [-0.39, 0.29) is 11.6 Å². The van der Waals surface area contributed by atoms with Crippen molar-refractivity contribution in [2.24, 2.45) is 5.73 Å². The highest BCUT2D eigenvalue weighted by molar-refractivity contribution is 5.85. The van der Waals surface area contributed by atoms with Gasteiger partial charge in [0.2, 0.25) is 0 Å². The molecule has 1 aliphatic rings. The lowest BCUT2D eigenvalue weighted by molar-refractivity contribution is 0.416. The third-order valence-corrected chi connectivity index (χ3v) is 4.78. The van der Waals surface area contributed by atoms with Gasteiger partial charge in [-0.15, -0.1) is 0 Å². The van der Waals surface area contributed by atoms with Crippen LogP contribution < -0.4 is 15.8 Å². The number of benzene rings is 2. The molecule has 3 rings (SSSR count). The van der Waals surface area contributed by atoms with E-state index in [2.05, 4.69) is 56.4 Å². The molecule has 132 valence electrons. The second-order valence-corrected chi connectivity index (χ2v) is 7.35. The first-order chi connectivity index (χ1) is 11.9. The summed E-state index contributed by atoms with van der Waals surface area (Å²) in [5.41, 5.74) is 12.2. The summed E-state index contributed by atoms with van der Waals surface area (Å²) in [5.74, 6) is 0.891. The number of nitrogens with two attached hydrogens (primary N) is 1. The number of para-hydroxylation sites is 1. The first-order valence-electron chi connectivity index (χ1n) is 8.97. The number of ether oxygens (including phenoxy) is 1. The van der Waals surface area contributed by atoms with E-state index in [0.29, 0.717) is 0 Å². The van der Waals surface area contributed by atoms with Gasteiger partial charge in [0.15, 0.2) is 0 Å². The highest BCUT2D eigenvalue weighted by Crippen LogP contribution is 2.40. The number of hydrogen-bond acceptors (Lipinski definition) is 3. The predicted molar refractivity (Wildman–Crippen MR) is 107 cm³/mol. The fraction of sp³-hybridized carbons (Fsp3) is 0.364. The first-order valence-corrected chi connectivity index (χ1v) is 8.97. The molecule has 1 aliphatic heterocycles. The average molecular weight is 336 g/mol. The Morgan fingerprint density at radius 1 is 1.12 bits per heavy atom. The van der Waals surface area contributed by atoms with E-state index >= 15 is 0 Å². The number of rotatable bonds is 5. The average Bonchev–Trinajstić information content (AvgIpc) is 2.60. The lowest BCUT2D eigenvalue weighted by atomic mass is 9.85. The number of methoxy groups -OCH3 is 1. The van der Waals surface area contributed by atoms with E-state index in [1.165, 1.54) is 16.8 Å². The highest BCUT2D eigenvalue weighted by atomic mass is 16.5. The predicted octanol–water partition coefficient (Wildman–Crippen LogP) is 5.08. The third kappa shape index (κ3) is 3.72. The largest absolute Gasteiger partial charge is 0.496 e. The molecule has 0 aliphatic carbocycles. The normalized spacial score (nSPS) is 16.4. The maximum absolute atomic E-state index is 6.26. The minimum Gasteiger partial charge on any atom is -0.496 e. The van der Waals surface area contributed by atoms with Crippen LogP contribution in [0, 0.1) is 0 Å². The van der Waals surface area contributed by atoms with Crippen molar-refractivity contribution < 1.29 is 4.74 Å². The van der Waals surface area contributed by atoms with E-state index < -0.39 is 0 Å². The number of anilines is 1. The number of nitrogens with one attached hydrogen (secondary N) is 1. The molecule has 3 nitrogen and oxygen atoms in total. The first kappa shape index (κ1) is 17.6. The molecule has 0 amide bonds. The summed E-state index contributed by atoms with van der Waals surface area (Å²) in [6.45, 7) is 6.53. The Kier molecular flexibility index (Phi) is 4.87. The summed E-state index contributed by atoms with van der Waals surface area (Å²) in [6, 6.07) is 14.9. The van der Waals surface area contributed by atoms with Crippen LogP contribution in [0.25, 0.3) is 16.7 Å². The van der Waals surface area contributed by atoms with Gasteiger partial charge in [-0.2, -0.15) is 0 Å². The van der Waals surface area contributed by atoms with E-state index in [4.69, 9.17) is 10.5 Å². The zero-order valence-electron chi connectivity index (χ0n) is 15.6. The molecule has 1 unspecified atom stereocenters. The summed E-state index contributed by atoms with van der Waals surface area (Å²) in [7, 11) is 1.72. The van der Waals surface area contributed by atoms with Crippen molar-refractivity contribution in [3.8, 4) is 16.9 Å². The monoisotopic (exact) mass is 336 g/mol. The molecule has 0 saturated heterocycles. The van der Waals surface area contributed by atoms with Crippen LogP contribution in [0.15, 0.2) is 48.5 Å². The van der Waals surface area contributed by atoms with Crippen LogP contribution in [0.1, 0.15) is 39.2 Å². The molecule has 3 N–H and O–H groups in total. The SMILES string of the molecule is CCC(N)CC1=CC(C)(C)Nc2ccc(-c3ccccc3OC)cc21. The Hall–Kier alpha value is -2.26. The molecule has 3 heteroatoms. The Balaban J connectivity index is 2.07. The van der Waals surface area contributed by atoms with Gasteiger partial charge in [-0.1, -0.05) is 37.3 Å². The van der Waals surface area contributed by atoms with Crippen LogP contribution in [0.2, 0.25) is 0 Å². The van der Waals surface area contributed by atoms with Crippen molar-refractivity contribution >= 4 is 11.3 Å². The molecule has 2 aromatic rings. The van der Waals surface area contributed by atoms with Gasteiger partial charge in [0, 0.05) is 22.9 Å². The van der Waals surface area contributed by atoms with Gasteiger partial charge in [0.1, 0.15) is 5.75 Å². The van der Waals surface area contributed by atoms with Crippen molar-refractivity contribution in [3.63, 3.8) is 0 Å². The van der Waals surface area contributed by atoms with Gasteiger partial charge < -0.3 is 15.8 Å². The summed E-state index contributed by atoms with van der Waals surface area (Å²) in [5, 5.41) is 3.62. The molecule has 25 heavy (non-hydrogen) atoms. The van der Waals surface area contributed by atoms with Gasteiger partial charge in [-0.3, -0.25) is 0 Å². The zero-order chi connectivity index (χ0) is 18.0. The molecule has 1 atom stereocenters. The fourth-order valence-corrected chi connectivity index (χ4v) is 3.46. The second kappa shape index (κ2) is 6.93. The van der Waals surface area contributed by atoms with Crippen molar-refractivity contribution in [3.05, 3.63) is 54.1 Å².